The van der Waals surface area contributed by atoms with Crippen LogP contribution in [0.25, 0.3) is 0 Å². The fourth-order valence-corrected chi connectivity index (χ4v) is 3.02. The van der Waals surface area contributed by atoms with Crippen LogP contribution >= 0.6 is 11.3 Å². The Morgan fingerprint density at radius 3 is 3.05 bits per heavy atom. The lowest BCUT2D eigenvalue weighted by atomic mass is 10.1. The van der Waals surface area contributed by atoms with Gasteiger partial charge in [-0.1, -0.05) is 0 Å². The second kappa shape index (κ2) is 6.56. The van der Waals surface area contributed by atoms with Crippen LogP contribution in [0.2, 0.25) is 0 Å². The Hall–Kier alpha value is -1.56. The maximum absolute atomic E-state index is 11.9. The molecule has 0 spiro atoms. The zero-order valence-electron chi connectivity index (χ0n) is 10.7. The summed E-state index contributed by atoms with van der Waals surface area (Å²) >= 11 is 1.75. The molecule has 1 aliphatic rings. The van der Waals surface area contributed by atoms with Crippen LogP contribution in [0.5, 0.6) is 0 Å². The minimum Gasteiger partial charge on any atom is -0.481 e. The first-order valence-corrected chi connectivity index (χ1v) is 7.34. The maximum atomic E-state index is 11.9. The smallest absolute Gasteiger partial charge is 0.317 e. The number of carboxylic acids is 1. The van der Waals surface area contributed by atoms with E-state index in [2.05, 4.69) is 16.8 Å². The molecule has 6 heteroatoms. The topological polar surface area (TPSA) is 69.6 Å². The molecule has 0 aromatic carbocycles. The molecule has 1 aromatic rings. The summed E-state index contributed by atoms with van der Waals surface area (Å²) in [5.41, 5.74) is 1.25. The van der Waals surface area contributed by atoms with E-state index in [-0.39, 0.29) is 12.5 Å². The summed E-state index contributed by atoms with van der Waals surface area (Å²) in [4.78, 5) is 25.5. The van der Waals surface area contributed by atoms with Crippen molar-refractivity contribution < 1.29 is 14.7 Å². The predicted molar refractivity (Wildman–Crippen MR) is 73.3 cm³/mol. The number of urea groups is 1. The van der Waals surface area contributed by atoms with Crippen LogP contribution < -0.4 is 5.32 Å². The molecule has 5 nitrogen and oxygen atoms in total. The van der Waals surface area contributed by atoms with Crippen molar-refractivity contribution in [2.75, 3.05) is 13.1 Å². The standard InChI is InChI=1S/C13H18N2O3S/c16-12(17)3-1-2-6-14-13(18)15-7-4-11-10(9-15)5-8-19-11/h5,8H,1-4,6-7,9H2,(H,14,18)(H,16,17). The lowest BCUT2D eigenvalue weighted by Crippen LogP contribution is -2.42. The molecule has 1 aromatic heterocycles. The van der Waals surface area contributed by atoms with Gasteiger partial charge in [-0.2, -0.15) is 0 Å². The SMILES string of the molecule is O=C(O)CCCCNC(=O)N1CCc2sccc2C1. The summed E-state index contributed by atoms with van der Waals surface area (Å²) in [6.45, 7) is 1.98. The van der Waals surface area contributed by atoms with E-state index in [1.807, 2.05) is 4.90 Å². The molecule has 0 bridgehead atoms. The molecular formula is C13H18N2O3S. The van der Waals surface area contributed by atoms with Gasteiger partial charge >= 0.3 is 12.0 Å². The summed E-state index contributed by atoms with van der Waals surface area (Å²) < 4.78 is 0. The number of hydrogen-bond donors (Lipinski definition) is 2. The molecule has 0 atom stereocenters. The minimum absolute atomic E-state index is 0.0489. The van der Waals surface area contributed by atoms with Gasteiger partial charge in [-0.15, -0.1) is 11.3 Å². The molecule has 0 radical (unpaired) electrons. The minimum atomic E-state index is -0.785. The molecule has 0 fully saturated rings. The second-order valence-corrected chi connectivity index (χ2v) is 5.62. The highest BCUT2D eigenvalue weighted by Gasteiger charge is 2.20. The van der Waals surface area contributed by atoms with Gasteiger partial charge in [0.1, 0.15) is 0 Å². The van der Waals surface area contributed by atoms with Crippen molar-refractivity contribution >= 4 is 23.3 Å². The Balaban J connectivity index is 1.68. The lowest BCUT2D eigenvalue weighted by Gasteiger charge is -2.27. The predicted octanol–water partition coefficient (Wildman–Crippen LogP) is 2.07. The second-order valence-electron chi connectivity index (χ2n) is 4.62. The third-order valence-corrected chi connectivity index (χ3v) is 4.21. The van der Waals surface area contributed by atoms with Crippen LogP contribution in [-0.4, -0.2) is 35.1 Å². The summed E-state index contributed by atoms with van der Waals surface area (Å²) in [7, 11) is 0. The summed E-state index contributed by atoms with van der Waals surface area (Å²) in [5, 5.41) is 13.4. The van der Waals surface area contributed by atoms with Crippen molar-refractivity contribution in [2.45, 2.75) is 32.2 Å². The third kappa shape index (κ3) is 3.96. The van der Waals surface area contributed by atoms with Crippen LogP contribution in [0.3, 0.4) is 0 Å². The van der Waals surface area contributed by atoms with Crippen molar-refractivity contribution in [1.29, 1.82) is 0 Å². The van der Waals surface area contributed by atoms with Gasteiger partial charge in [0.25, 0.3) is 0 Å². The van der Waals surface area contributed by atoms with Gasteiger partial charge in [0.05, 0.1) is 0 Å². The molecule has 19 heavy (non-hydrogen) atoms. The van der Waals surface area contributed by atoms with E-state index >= 15 is 0 Å². The first kappa shape index (κ1) is 13.9. The molecule has 2 N–H and O–H groups in total. The molecular weight excluding hydrogens is 264 g/mol. The van der Waals surface area contributed by atoms with Crippen LogP contribution in [0.1, 0.15) is 29.7 Å². The van der Waals surface area contributed by atoms with Gasteiger partial charge in [0.15, 0.2) is 0 Å². The molecule has 2 amide bonds. The fraction of sp³-hybridized carbons (Fsp3) is 0.538. The Kier molecular flexibility index (Phi) is 4.79. The quantitative estimate of drug-likeness (QED) is 0.812. The van der Waals surface area contributed by atoms with Gasteiger partial charge < -0.3 is 15.3 Å². The number of aliphatic carboxylic acids is 1. The Morgan fingerprint density at radius 1 is 1.42 bits per heavy atom. The number of hydrogen-bond acceptors (Lipinski definition) is 3. The molecule has 104 valence electrons. The van der Waals surface area contributed by atoms with Crippen molar-refractivity contribution in [3.8, 4) is 0 Å². The van der Waals surface area contributed by atoms with Crippen molar-refractivity contribution in [3.05, 3.63) is 21.9 Å². The molecule has 2 heterocycles. The van der Waals surface area contributed by atoms with E-state index < -0.39 is 5.97 Å². The zero-order valence-corrected chi connectivity index (χ0v) is 11.5. The summed E-state index contributed by atoms with van der Waals surface area (Å²) in [6, 6.07) is 2.03. The lowest BCUT2D eigenvalue weighted by molar-refractivity contribution is -0.137. The molecule has 0 saturated carbocycles. The van der Waals surface area contributed by atoms with Gasteiger partial charge in [0.2, 0.25) is 0 Å². The maximum Gasteiger partial charge on any atom is 0.317 e. The summed E-state index contributed by atoms with van der Waals surface area (Å²) in [5.74, 6) is -0.785. The van der Waals surface area contributed by atoms with Gasteiger partial charge in [0, 0.05) is 30.9 Å². The highest BCUT2D eigenvalue weighted by Crippen LogP contribution is 2.23. The normalized spacial score (nSPS) is 14.0. The molecule has 1 aliphatic heterocycles. The average molecular weight is 282 g/mol. The largest absolute Gasteiger partial charge is 0.481 e. The Labute approximate surface area is 116 Å². The number of carbonyl (C=O) groups excluding carboxylic acids is 1. The number of rotatable bonds is 5. The van der Waals surface area contributed by atoms with E-state index in [9.17, 15) is 9.59 Å². The number of carboxylic acid groups (broad SMARTS) is 1. The van der Waals surface area contributed by atoms with Crippen molar-refractivity contribution in [2.24, 2.45) is 0 Å². The van der Waals surface area contributed by atoms with E-state index in [0.29, 0.717) is 25.9 Å². The number of nitrogens with one attached hydrogen (secondary N) is 1. The molecule has 2 rings (SSSR count). The van der Waals surface area contributed by atoms with E-state index in [1.165, 1.54) is 10.4 Å². The Morgan fingerprint density at radius 2 is 2.26 bits per heavy atom. The number of thiophene rings is 1. The van der Waals surface area contributed by atoms with Gasteiger partial charge in [-0.3, -0.25) is 4.79 Å². The molecule has 0 saturated heterocycles. The molecule has 0 unspecified atom stereocenters. The monoisotopic (exact) mass is 282 g/mol. The fourth-order valence-electron chi connectivity index (χ4n) is 2.13. The highest BCUT2D eigenvalue weighted by atomic mass is 32.1. The summed E-state index contributed by atoms with van der Waals surface area (Å²) in [6.07, 6.45) is 2.40. The number of unbranched alkanes of at least 4 members (excludes halogenated alkanes) is 1. The van der Waals surface area contributed by atoms with E-state index in [4.69, 9.17) is 5.11 Å². The van der Waals surface area contributed by atoms with Gasteiger partial charge in [-0.05, 0) is 36.3 Å². The van der Waals surface area contributed by atoms with Crippen LogP contribution in [0.15, 0.2) is 11.4 Å². The number of fused-ring (bicyclic) bond motifs is 1. The number of carbonyl (C=O) groups is 2. The average Bonchev–Trinajstić information content (AvgIpc) is 2.84. The molecule has 0 aliphatic carbocycles. The first-order chi connectivity index (χ1) is 9.16. The zero-order chi connectivity index (χ0) is 13.7. The van der Waals surface area contributed by atoms with Gasteiger partial charge in [-0.25, -0.2) is 4.79 Å². The van der Waals surface area contributed by atoms with Crippen LogP contribution in [0, 0.1) is 0 Å². The van der Waals surface area contributed by atoms with E-state index in [1.54, 1.807) is 11.3 Å². The third-order valence-electron chi connectivity index (χ3n) is 3.19. The van der Waals surface area contributed by atoms with Crippen molar-refractivity contribution in [1.82, 2.24) is 10.2 Å². The first-order valence-electron chi connectivity index (χ1n) is 6.46. The number of nitrogens with zero attached hydrogens (tertiary/aromatic N) is 1. The van der Waals surface area contributed by atoms with Crippen molar-refractivity contribution in [3.63, 3.8) is 0 Å². The van der Waals surface area contributed by atoms with Crippen LogP contribution in [-0.2, 0) is 17.8 Å². The van der Waals surface area contributed by atoms with Crippen LogP contribution in [0.4, 0.5) is 4.79 Å². The highest BCUT2D eigenvalue weighted by molar-refractivity contribution is 7.10. The number of amides is 2. The van der Waals surface area contributed by atoms with E-state index in [0.717, 1.165) is 13.0 Å². The Bertz CT molecular complexity index is 458.